The Bertz CT molecular complexity index is 501. The molecule has 0 bridgehead atoms. The molecule has 0 aromatic carbocycles. The van der Waals surface area contributed by atoms with Crippen LogP contribution in [0.15, 0.2) is 15.9 Å². The highest BCUT2D eigenvalue weighted by Crippen LogP contribution is 2.33. The predicted octanol–water partition coefficient (Wildman–Crippen LogP) is 2.94. The van der Waals surface area contributed by atoms with Crippen LogP contribution in [-0.4, -0.2) is 16.6 Å². The van der Waals surface area contributed by atoms with Gasteiger partial charge in [0.25, 0.3) is 0 Å². The first-order chi connectivity index (χ1) is 7.63. The fourth-order valence-corrected chi connectivity index (χ4v) is 3.31. The van der Waals surface area contributed by atoms with Crippen molar-refractivity contribution in [3.05, 3.63) is 27.4 Å². The highest BCUT2D eigenvalue weighted by atomic mass is 79.9. The molecular weight excluding hydrogens is 286 g/mol. The topological polar surface area (TPSA) is 29.9 Å². The summed E-state index contributed by atoms with van der Waals surface area (Å²) in [7, 11) is 4.00. The lowest BCUT2D eigenvalue weighted by molar-refractivity contribution is 0.712. The van der Waals surface area contributed by atoms with Crippen LogP contribution >= 0.6 is 27.3 Å². The van der Waals surface area contributed by atoms with Gasteiger partial charge in [0, 0.05) is 7.05 Å². The zero-order valence-corrected chi connectivity index (χ0v) is 11.9. The molecule has 0 radical (unpaired) electrons. The van der Waals surface area contributed by atoms with E-state index in [1.165, 1.54) is 10.6 Å². The Labute approximate surface area is 108 Å². The first-order valence-electron chi connectivity index (χ1n) is 5.06. The summed E-state index contributed by atoms with van der Waals surface area (Å²) >= 11 is 5.23. The van der Waals surface area contributed by atoms with Gasteiger partial charge in [-0.25, -0.2) is 4.98 Å². The number of hydrogen-bond acceptors (Lipinski definition) is 3. The largest absolute Gasteiger partial charge is 0.329 e. The van der Waals surface area contributed by atoms with Crippen molar-refractivity contribution in [3.8, 4) is 10.6 Å². The Morgan fingerprint density at radius 1 is 1.50 bits per heavy atom. The molecule has 16 heavy (non-hydrogen) atoms. The van der Waals surface area contributed by atoms with Gasteiger partial charge in [0.2, 0.25) is 0 Å². The summed E-state index contributed by atoms with van der Waals surface area (Å²) in [5, 5.41) is 3.13. The molecule has 2 rings (SSSR count). The maximum absolute atomic E-state index is 4.58. The van der Waals surface area contributed by atoms with E-state index in [0.717, 1.165) is 21.8 Å². The standard InChI is InChI=1S/C11H14BrN3S/c1-7-11(8-4-5-9(12)16-8)15(3)10(14-7)6-13-2/h4-5,13H,6H2,1-3H3. The second kappa shape index (κ2) is 4.69. The molecule has 2 heterocycles. The number of aromatic nitrogens is 2. The number of nitrogens with zero attached hydrogens (tertiary/aromatic N) is 2. The van der Waals surface area contributed by atoms with E-state index in [-0.39, 0.29) is 0 Å². The van der Waals surface area contributed by atoms with Crippen LogP contribution in [-0.2, 0) is 13.6 Å². The van der Waals surface area contributed by atoms with Crippen molar-refractivity contribution in [1.29, 1.82) is 0 Å². The van der Waals surface area contributed by atoms with Crippen LogP contribution in [0.2, 0.25) is 0 Å². The summed E-state index contributed by atoms with van der Waals surface area (Å²) in [5.41, 5.74) is 2.29. The molecule has 0 atom stereocenters. The SMILES string of the molecule is CNCc1nc(C)c(-c2ccc(Br)s2)n1C. The first kappa shape index (κ1) is 11.8. The molecule has 1 N–H and O–H groups in total. The van der Waals surface area contributed by atoms with Crippen molar-refractivity contribution in [1.82, 2.24) is 14.9 Å². The number of hydrogen-bond donors (Lipinski definition) is 1. The Hall–Kier alpha value is -0.650. The fourth-order valence-electron chi connectivity index (χ4n) is 1.79. The van der Waals surface area contributed by atoms with E-state index < -0.39 is 0 Å². The predicted molar refractivity (Wildman–Crippen MR) is 71.7 cm³/mol. The Morgan fingerprint density at radius 3 is 2.81 bits per heavy atom. The molecule has 2 aromatic rings. The maximum atomic E-state index is 4.58. The van der Waals surface area contributed by atoms with Crippen LogP contribution in [0.4, 0.5) is 0 Å². The molecule has 0 aliphatic rings. The van der Waals surface area contributed by atoms with Crippen LogP contribution in [0, 0.1) is 6.92 Å². The molecule has 0 saturated carbocycles. The molecule has 2 aromatic heterocycles. The number of aryl methyl sites for hydroxylation is 1. The van der Waals surface area contributed by atoms with Gasteiger partial charge in [0.1, 0.15) is 5.82 Å². The summed E-state index contributed by atoms with van der Waals surface area (Å²) in [6.45, 7) is 2.85. The lowest BCUT2D eigenvalue weighted by Gasteiger charge is -2.04. The van der Waals surface area contributed by atoms with Crippen molar-refractivity contribution in [2.45, 2.75) is 13.5 Å². The molecule has 5 heteroatoms. The number of imidazole rings is 1. The molecule has 0 fully saturated rings. The average Bonchev–Trinajstić information content (AvgIpc) is 2.74. The van der Waals surface area contributed by atoms with Gasteiger partial charge >= 0.3 is 0 Å². The number of halogens is 1. The molecular formula is C11H14BrN3S. The van der Waals surface area contributed by atoms with Crippen molar-refractivity contribution >= 4 is 27.3 Å². The van der Waals surface area contributed by atoms with E-state index in [1.54, 1.807) is 11.3 Å². The fraction of sp³-hybridized carbons (Fsp3) is 0.364. The Balaban J connectivity index is 2.48. The molecule has 0 aliphatic heterocycles. The minimum Gasteiger partial charge on any atom is -0.329 e. The van der Waals surface area contributed by atoms with Crippen molar-refractivity contribution < 1.29 is 0 Å². The van der Waals surface area contributed by atoms with Gasteiger partial charge in [-0.3, -0.25) is 0 Å². The smallest absolute Gasteiger partial charge is 0.123 e. The lowest BCUT2D eigenvalue weighted by atomic mass is 10.3. The van der Waals surface area contributed by atoms with E-state index in [2.05, 4.69) is 56.9 Å². The van der Waals surface area contributed by atoms with E-state index in [0.29, 0.717) is 0 Å². The highest BCUT2D eigenvalue weighted by Gasteiger charge is 2.14. The van der Waals surface area contributed by atoms with E-state index in [9.17, 15) is 0 Å². The van der Waals surface area contributed by atoms with E-state index in [1.807, 2.05) is 7.05 Å². The van der Waals surface area contributed by atoms with Crippen molar-refractivity contribution in [2.75, 3.05) is 7.05 Å². The Kier molecular flexibility index (Phi) is 3.47. The zero-order chi connectivity index (χ0) is 11.7. The normalized spacial score (nSPS) is 11.0. The van der Waals surface area contributed by atoms with E-state index in [4.69, 9.17) is 0 Å². The average molecular weight is 300 g/mol. The molecule has 0 aliphatic carbocycles. The van der Waals surface area contributed by atoms with Crippen molar-refractivity contribution in [3.63, 3.8) is 0 Å². The van der Waals surface area contributed by atoms with Gasteiger partial charge in [-0.1, -0.05) is 0 Å². The van der Waals surface area contributed by atoms with Crippen molar-refractivity contribution in [2.24, 2.45) is 7.05 Å². The summed E-state index contributed by atoms with van der Waals surface area (Å²) in [5.74, 6) is 1.07. The minimum atomic E-state index is 0.796. The van der Waals surface area contributed by atoms with Crippen LogP contribution in [0.3, 0.4) is 0 Å². The second-order valence-electron chi connectivity index (χ2n) is 3.66. The van der Waals surface area contributed by atoms with Crippen LogP contribution in [0.1, 0.15) is 11.5 Å². The third-order valence-electron chi connectivity index (χ3n) is 2.50. The minimum absolute atomic E-state index is 0.796. The summed E-state index contributed by atoms with van der Waals surface area (Å²) in [6.07, 6.45) is 0. The maximum Gasteiger partial charge on any atom is 0.123 e. The number of nitrogens with one attached hydrogen (secondary N) is 1. The molecule has 3 nitrogen and oxygen atoms in total. The molecule has 0 unspecified atom stereocenters. The lowest BCUT2D eigenvalue weighted by Crippen LogP contribution is -2.10. The number of thiophene rings is 1. The van der Waals surface area contributed by atoms with Crippen LogP contribution in [0.5, 0.6) is 0 Å². The molecule has 86 valence electrons. The van der Waals surface area contributed by atoms with Gasteiger partial charge in [0.15, 0.2) is 0 Å². The van der Waals surface area contributed by atoms with Gasteiger partial charge in [0.05, 0.1) is 26.6 Å². The summed E-state index contributed by atoms with van der Waals surface area (Å²) < 4.78 is 3.31. The van der Waals surface area contributed by atoms with Crippen LogP contribution in [0.25, 0.3) is 10.6 Å². The third kappa shape index (κ3) is 2.07. The third-order valence-corrected chi connectivity index (χ3v) is 4.13. The van der Waals surface area contributed by atoms with Gasteiger partial charge in [-0.15, -0.1) is 11.3 Å². The summed E-state index contributed by atoms with van der Waals surface area (Å²) in [4.78, 5) is 5.83. The first-order valence-corrected chi connectivity index (χ1v) is 6.67. The number of rotatable bonds is 3. The second-order valence-corrected chi connectivity index (χ2v) is 6.12. The highest BCUT2D eigenvalue weighted by molar-refractivity contribution is 9.11. The van der Waals surface area contributed by atoms with Gasteiger partial charge < -0.3 is 9.88 Å². The van der Waals surface area contributed by atoms with Crippen LogP contribution < -0.4 is 5.32 Å². The quantitative estimate of drug-likeness (QED) is 0.944. The zero-order valence-electron chi connectivity index (χ0n) is 9.54. The molecule has 0 saturated heterocycles. The summed E-state index contributed by atoms with van der Waals surface area (Å²) in [6, 6.07) is 4.20. The molecule has 0 spiro atoms. The van der Waals surface area contributed by atoms with E-state index >= 15 is 0 Å². The Morgan fingerprint density at radius 2 is 2.25 bits per heavy atom. The molecule has 0 amide bonds. The van der Waals surface area contributed by atoms with Gasteiger partial charge in [-0.2, -0.15) is 0 Å². The monoisotopic (exact) mass is 299 g/mol. The van der Waals surface area contributed by atoms with Gasteiger partial charge in [-0.05, 0) is 42.0 Å².